The Bertz CT molecular complexity index is 688. The van der Waals surface area contributed by atoms with Crippen molar-refractivity contribution in [3.63, 3.8) is 0 Å². The second-order valence-electron chi connectivity index (χ2n) is 8.40. The van der Waals surface area contributed by atoms with Gasteiger partial charge in [0.05, 0.1) is 19.3 Å². The smallest absolute Gasteiger partial charge is 0.255 e. The molecule has 1 aromatic carbocycles. The summed E-state index contributed by atoms with van der Waals surface area (Å²) in [6.07, 6.45) is 1.39. The SMILES string of the molecule is COc1cccc(N2CCC(O)(CN3CCO[C@@](C)(C(=O)N(C)C)C3)CC2)c1. The molecule has 2 fully saturated rings. The lowest BCUT2D eigenvalue weighted by Crippen LogP contribution is -2.61. The largest absolute Gasteiger partial charge is 0.497 e. The molecule has 0 bridgehead atoms. The third-order valence-electron chi connectivity index (χ3n) is 5.84. The van der Waals surface area contributed by atoms with Gasteiger partial charge in [-0.3, -0.25) is 9.69 Å². The van der Waals surface area contributed by atoms with Gasteiger partial charge in [0.2, 0.25) is 0 Å². The molecule has 2 saturated heterocycles. The van der Waals surface area contributed by atoms with Crippen LogP contribution in [-0.4, -0.2) is 92.6 Å². The molecule has 3 rings (SSSR count). The number of anilines is 1. The fourth-order valence-corrected chi connectivity index (χ4v) is 4.25. The van der Waals surface area contributed by atoms with Crippen LogP contribution in [-0.2, 0) is 9.53 Å². The molecule has 28 heavy (non-hydrogen) atoms. The first-order chi connectivity index (χ1) is 13.2. The van der Waals surface area contributed by atoms with Crippen LogP contribution in [0.25, 0.3) is 0 Å². The van der Waals surface area contributed by atoms with Crippen molar-refractivity contribution in [3.8, 4) is 5.75 Å². The minimum atomic E-state index is -0.848. The van der Waals surface area contributed by atoms with Crippen LogP contribution < -0.4 is 9.64 Å². The summed E-state index contributed by atoms with van der Waals surface area (Å²) in [5, 5.41) is 11.2. The Kier molecular flexibility index (Phi) is 6.17. The van der Waals surface area contributed by atoms with Crippen molar-refractivity contribution in [1.82, 2.24) is 9.80 Å². The molecule has 1 atom stereocenters. The van der Waals surface area contributed by atoms with Crippen LogP contribution in [0.15, 0.2) is 24.3 Å². The number of carbonyl (C=O) groups is 1. The molecule has 7 heteroatoms. The predicted molar refractivity (Wildman–Crippen MR) is 109 cm³/mol. The highest BCUT2D eigenvalue weighted by molar-refractivity contribution is 5.84. The minimum absolute atomic E-state index is 0.0305. The van der Waals surface area contributed by atoms with Gasteiger partial charge >= 0.3 is 0 Å². The number of carbonyl (C=O) groups excluding carboxylic acids is 1. The number of β-amino-alcohol motifs (C(OH)–C–C–N with tert-alkyl or cyclic N) is 1. The van der Waals surface area contributed by atoms with Gasteiger partial charge in [-0.15, -0.1) is 0 Å². The first-order valence-corrected chi connectivity index (χ1v) is 9.94. The number of rotatable bonds is 5. The van der Waals surface area contributed by atoms with E-state index in [1.807, 2.05) is 25.1 Å². The number of methoxy groups -OCH3 is 1. The molecule has 0 aliphatic carbocycles. The van der Waals surface area contributed by atoms with Gasteiger partial charge < -0.3 is 24.4 Å². The summed E-state index contributed by atoms with van der Waals surface area (Å²) in [7, 11) is 5.17. The first-order valence-electron chi connectivity index (χ1n) is 9.94. The molecule has 156 valence electrons. The summed E-state index contributed by atoms with van der Waals surface area (Å²) < 4.78 is 11.1. The Labute approximate surface area is 167 Å². The van der Waals surface area contributed by atoms with Crippen molar-refractivity contribution in [2.45, 2.75) is 31.0 Å². The fourth-order valence-electron chi connectivity index (χ4n) is 4.25. The molecule has 1 amide bonds. The van der Waals surface area contributed by atoms with Crippen LogP contribution in [0.5, 0.6) is 5.75 Å². The third kappa shape index (κ3) is 4.59. The number of morpholine rings is 1. The summed E-state index contributed by atoms with van der Waals surface area (Å²) in [5.74, 6) is 0.813. The van der Waals surface area contributed by atoms with Crippen molar-refractivity contribution in [2.75, 3.05) is 65.4 Å². The summed E-state index contributed by atoms with van der Waals surface area (Å²) >= 11 is 0. The highest BCUT2D eigenvalue weighted by atomic mass is 16.5. The van der Waals surface area contributed by atoms with E-state index in [-0.39, 0.29) is 5.91 Å². The maximum atomic E-state index is 12.5. The molecular weight excluding hydrogens is 358 g/mol. The Morgan fingerprint density at radius 1 is 1.29 bits per heavy atom. The second kappa shape index (κ2) is 8.27. The van der Waals surface area contributed by atoms with E-state index in [1.54, 1.807) is 26.1 Å². The standard InChI is InChI=1S/C21H33N3O4/c1-20(19(25)22(2)3)15-23(12-13-28-20)16-21(26)8-10-24(11-9-21)17-6-5-7-18(14-17)27-4/h5-7,14,26H,8-13,15-16H2,1-4H3/t20-/m1/s1. The van der Waals surface area contributed by atoms with Crippen LogP contribution in [0.3, 0.4) is 0 Å². The second-order valence-corrected chi connectivity index (χ2v) is 8.40. The van der Waals surface area contributed by atoms with Crippen LogP contribution in [0.1, 0.15) is 19.8 Å². The fraction of sp³-hybridized carbons (Fsp3) is 0.667. The molecule has 0 unspecified atom stereocenters. The molecular formula is C21H33N3O4. The van der Waals surface area contributed by atoms with Gasteiger partial charge in [0.15, 0.2) is 5.60 Å². The third-order valence-corrected chi connectivity index (χ3v) is 5.84. The molecule has 0 aromatic heterocycles. The number of piperidine rings is 1. The molecule has 1 N–H and O–H groups in total. The maximum absolute atomic E-state index is 12.5. The van der Waals surface area contributed by atoms with E-state index in [2.05, 4.69) is 15.9 Å². The van der Waals surface area contributed by atoms with Gasteiger partial charge in [0, 0.05) is 58.6 Å². The Morgan fingerprint density at radius 3 is 2.64 bits per heavy atom. The van der Waals surface area contributed by atoms with E-state index in [1.165, 1.54) is 0 Å². The van der Waals surface area contributed by atoms with Crippen molar-refractivity contribution in [1.29, 1.82) is 0 Å². The molecule has 2 aliphatic rings. The number of benzene rings is 1. The number of ether oxygens (including phenoxy) is 2. The summed E-state index contributed by atoms with van der Waals surface area (Å²) in [6.45, 7) is 5.74. The topological polar surface area (TPSA) is 65.5 Å². The number of hydrogen-bond acceptors (Lipinski definition) is 6. The first kappa shape index (κ1) is 20.9. The Hall–Kier alpha value is -1.83. The average Bonchev–Trinajstić information content (AvgIpc) is 2.67. The van der Waals surface area contributed by atoms with Gasteiger partial charge in [0.1, 0.15) is 5.75 Å². The zero-order chi connectivity index (χ0) is 20.4. The quantitative estimate of drug-likeness (QED) is 0.814. The minimum Gasteiger partial charge on any atom is -0.497 e. The number of amides is 1. The molecule has 0 spiro atoms. The Balaban J connectivity index is 1.59. The zero-order valence-corrected chi connectivity index (χ0v) is 17.5. The Morgan fingerprint density at radius 2 is 2.00 bits per heavy atom. The normalized spacial score (nSPS) is 25.4. The van der Waals surface area contributed by atoms with E-state index in [0.717, 1.165) is 31.1 Å². The highest BCUT2D eigenvalue weighted by Crippen LogP contribution is 2.30. The molecule has 1 aromatic rings. The van der Waals surface area contributed by atoms with Gasteiger partial charge in [0.25, 0.3) is 5.91 Å². The van der Waals surface area contributed by atoms with Gasteiger partial charge in [-0.2, -0.15) is 0 Å². The van der Waals surface area contributed by atoms with Crippen molar-refractivity contribution >= 4 is 11.6 Å². The summed E-state index contributed by atoms with van der Waals surface area (Å²) in [6, 6.07) is 8.04. The van der Waals surface area contributed by atoms with Gasteiger partial charge in [-0.1, -0.05) is 6.07 Å². The van der Waals surface area contributed by atoms with Crippen LogP contribution in [0.2, 0.25) is 0 Å². The number of hydrogen-bond donors (Lipinski definition) is 1. The van der Waals surface area contributed by atoms with Gasteiger partial charge in [-0.05, 0) is 31.9 Å². The molecule has 2 aliphatic heterocycles. The van der Waals surface area contributed by atoms with Crippen LogP contribution in [0.4, 0.5) is 5.69 Å². The van der Waals surface area contributed by atoms with E-state index < -0.39 is 11.2 Å². The van der Waals surface area contributed by atoms with Crippen LogP contribution >= 0.6 is 0 Å². The van der Waals surface area contributed by atoms with E-state index in [0.29, 0.717) is 32.5 Å². The monoisotopic (exact) mass is 391 g/mol. The zero-order valence-electron chi connectivity index (χ0n) is 17.5. The van der Waals surface area contributed by atoms with E-state index in [9.17, 15) is 9.90 Å². The number of aliphatic hydroxyl groups is 1. The number of nitrogens with zero attached hydrogens (tertiary/aromatic N) is 3. The lowest BCUT2D eigenvalue weighted by molar-refractivity contribution is -0.168. The van der Waals surface area contributed by atoms with Crippen LogP contribution in [0, 0.1) is 0 Å². The molecule has 7 nitrogen and oxygen atoms in total. The lowest BCUT2D eigenvalue weighted by Gasteiger charge is -2.45. The maximum Gasteiger partial charge on any atom is 0.255 e. The predicted octanol–water partition coefficient (Wildman–Crippen LogP) is 1.21. The average molecular weight is 392 g/mol. The summed E-state index contributed by atoms with van der Waals surface area (Å²) in [5.41, 5.74) is -0.467. The van der Waals surface area contributed by atoms with Crippen molar-refractivity contribution in [2.24, 2.45) is 0 Å². The molecule has 2 heterocycles. The van der Waals surface area contributed by atoms with E-state index in [4.69, 9.17) is 9.47 Å². The number of likely N-dealkylation sites (N-methyl/N-ethyl adjacent to an activating group) is 1. The van der Waals surface area contributed by atoms with Crippen molar-refractivity contribution < 1.29 is 19.4 Å². The lowest BCUT2D eigenvalue weighted by atomic mass is 9.89. The molecule has 0 radical (unpaired) electrons. The van der Waals surface area contributed by atoms with Crippen molar-refractivity contribution in [3.05, 3.63) is 24.3 Å². The van der Waals surface area contributed by atoms with Gasteiger partial charge in [-0.25, -0.2) is 0 Å². The van der Waals surface area contributed by atoms with E-state index >= 15 is 0 Å². The highest BCUT2D eigenvalue weighted by Gasteiger charge is 2.43. The molecule has 0 saturated carbocycles. The summed E-state index contributed by atoms with van der Waals surface area (Å²) in [4.78, 5) is 18.5.